The van der Waals surface area contributed by atoms with Gasteiger partial charge in [-0.05, 0) is 101 Å². The lowest BCUT2D eigenvalue weighted by atomic mass is 9.62. The van der Waals surface area contributed by atoms with Gasteiger partial charge in [-0.1, -0.05) is 164 Å². The number of para-hydroxylation sites is 4. The summed E-state index contributed by atoms with van der Waals surface area (Å²) in [6, 6.07) is 80.2. The van der Waals surface area contributed by atoms with Gasteiger partial charge in [0.25, 0.3) is 0 Å². The van der Waals surface area contributed by atoms with Crippen molar-refractivity contribution in [2.24, 2.45) is 15.9 Å². The Morgan fingerprint density at radius 1 is 0.508 bits per heavy atom. The Morgan fingerprint density at radius 2 is 1.02 bits per heavy atom. The molecule has 2 heterocycles. The number of amidine groups is 1. The van der Waals surface area contributed by atoms with E-state index in [-0.39, 0.29) is 5.92 Å². The van der Waals surface area contributed by atoms with Crippen molar-refractivity contribution in [3.05, 3.63) is 275 Å². The van der Waals surface area contributed by atoms with Crippen LogP contribution in [-0.2, 0) is 5.41 Å². The van der Waals surface area contributed by atoms with E-state index < -0.39 is 5.41 Å². The van der Waals surface area contributed by atoms with E-state index in [1.165, 1.54) is 22.3 Å². The van der Waals surface area contributed by atoms with E-state index in [0.717, 1.165) is 56.7 Å². The summed E-state index contributed by atoms with van der Waals surface area (Å²) in [7, 11) is 0. The smallest absolute Gasteiger partial charge is 0.159 e. The van der Waals surface area contributed by atoms with Crippen LogP contribution in [0.3, 0.4) is 0 Å². The summed E-state index contributed by atoms with van der Waals surface area (Å²) >= 11 is 0. The molecule has 1 unspecified atom stereocenters. The van der Waals surface area contributed by atoms with E-state index in [0.29, 0.717) is 17.8 Å². The molecule has 0 aromatic heterocycles. The Bertz CT molecular complexity index is 3040. The molecule has 0 spiro atoms. The first-order valence-corrected chi connectivity index (χ1v) is 21.4. The van der Waals surface area contributed by atoms with Crippen LogP contribution in [0.1, 0.15) is 39.8 Å². The van der Waals surface area contributed by atoms with Crippen LogP contribution < -0.4 is 9.80 Å². The van der Waals surface area contributed by atoms with Crippen molar-refractivity contribution in [3.63, 3.8) is 0 Å². The summed E-state index contributed by atoms with van der Waals surface area (Å²) in [5.74, 6) is 0.621. The predicted octanol–water partition coefficient (Wildman–Crippen LogP) is 13.9. The summed E-state index contributed by atoms with van der Waals surface area (Å²) in [4.78, 5) is 14.9. The third kappa shape index (κ3) is 6.48. The SMILES string of the molecule is N#CC1=CCC2C(=C1)N=C(c1ccccc1)N=C2c1ccc(N2c3ccccc3C(c3ccccc3)(c3ccc(N(c4ccccc4)c4ccccc4)cc3)c3ccccc32)cc1. The molecule has 2 aliphatic heterocycles. The van der Waals surface area contributed by atoms with E-state index in [9.17, 15) is 5.26 Å². The maximum Gasteiger partial charge on any atom is 0.159 e. The first kappa shape index (κ1) is 37.7. The number of rotatable bonds is 8. The zero-order chi connectivity index (χ0) is 42.2. The predicted molar refractivity (Wildman–Crippen MR) is 257 cm³/mol. The molecule has 0 saturated carbocycles. The standard InChI is InChI=1S/C58H41N5/c59-40-41-29-38-50-53(39-41)60-57(43-17-5-1-6-18-43)61-56(50)42-30-34-49(35-31-42)63-54-27-15-13-25-51(54)58(44-19-7-2-8-20-44,52-26-14-16-28-55(52)63)45-32-36-48(37-33-45)62(46-21-9-3-10-22-46)47-23-11-4-12-24-47/h1-37,39,50H,38H2. The van der Waals surface area contributed by atoms with Gasteiger partial charge in [-0.25, -0.2) is 9.98 Å². The van der Waals surface area contributed by atoms with Crippen LogP contribution in [0.4, 0.5) is 34.1 Å². The van der Waals surface area contributed by atoms with Gasteiger partial charge in [0.05, 0.1) is 34.3 Å². The minimum atomic E-state index is -0.628. The molecule has 5 nitrogen and oxygen atoms in total. The topological polar surface area (TPSA) is 55.0 Å². The average molecular weight is 808 g/mol. The van der Waals surface area contributed by atoms with Crippen molar-refractivity contribution >= 4 is 45.7 Å². The van der Waals surface area contributed by atoms with E-state index >= 15 is 0 Å². The second-order valence-electron chi connectivity index (χ2n) is 16.0. The Morgan fingerprint density at radius 3 is 1.60 bits per heavy atom. The number of aliphatic imine (C=N–C) groups is 2. The van der Waals surface area contributed by atoms with Gasteiger partial charge < -0.3 is 9.80 Å². The Hall–Kier alpha value is -8.33. The second-order valence-corrected chi connectivity index (χ2v) is 16.0. The molecule has 298 valence electrons. The van der Waals surface area contributed by atoms with Crippen LogP contribution in [0.5, 0.6) is 0 Å². The van der Waals surface area contributed by atoms with Crippen LogP contribution >= 0.6 is 0 Å². The lowest BCUT2D eigenvalue weighted by Crippen LogP contribution is -2.37. The van der Waals surface area contributed by atoms with Crippen LogP contribution in [-0.4, -0.2) is 11.5 Å². The van der Waals surface area contributed by atoms with Crippen LogP contribution in [0.25, 0.3) is 0 Å². The summed E-state index contributed by atoms with van der Waals surface area (Å²) in [6.45, 7) is 0. The molecule has 0 amide bonds. The quantitative estimate of drug-likeness (QED) is 0.154. The highest BCUT2D eigenvalue weighted by molar-refractivity contribution is 6.16. The lowest BCUT2D eigenvalue weighted by molar-refractivity contribution is 0.731. The van der Waals surface area contributed by atoms with Gasteiger partial charge in [0.2, 0.25) is 0 Å². The van der Waals surface area contributed by atoms with E-state index in [1.54, 1.807) is 0 Å². The fraction of sp³-hybridized carbons (Fsp3) is 0.0517. The van der Waals surface area contributed by atoms with Crippen molar-refractivity contribution in [3.8, 4) is 6.07 Å². The first-order valence-electron chi connectivity index (χ1n) is 21.4. The number of fused-ring (bicyclic) bond motifs is 3. The first-order chi connectivity index (χ1) is 31.2. The van der Waals surface area contributed by atoms with Gasteiger partial charge in [-0.3, -0.25) is 0 Å². The van der Waals surface area contributed by atoms with Gasteiger partial charge in [-0.15, -0.1) is 0 Å². The van der Waals surface area contributed by atoms with Crippen molar-refractivity contribution in [2.45, 2.75) is 11.8 Å². The molecule has 0 bridgehead atoms. The van der Waals surface area contributed by atoms with Crippen LogP contribution in [0, 0.1) is 17.2 Å². The third-order valence-corrected chi connectivity index (χ3v) is 12.5. The molecule has 0 fully saturated rings. The molecule has 1 atom stereocenters. The molecule has 8 aromatic rings. The normalized spacial score (nSPS) is 15.9. The van der Waals surface area contributed by atoms with Crippen molar-refractivity contribution < 1.29 is 0 Å². The minimum Gasteiger partial charge on any atom is -0.311 e. The molecule has 8 aromatic carbocycles. The van der Waals surface area contributed by atoms with Crippen LogP contribution in [0.15, 0.2) is 252 Å². The molecule has 63 heavy (non-hydrogen) atoms. The second kappa shape index (κ2) is 15.9. The number of allylic oxidation sites excluding steroid dienone is 4. The molecule has 1 aliphatic carbocycles. The van der Waals surface area contributed by atoms with Gasteiger partial charge >= 0.3 is 0 Å². The maximum atomic E-state index is 9.76. The van der Waals surface area contributed by atoms with Crippen molar-refractivity contribution in [1.82, 2.24) is 0 Å². The van der Waals surface area contributed by atoms with E-state index in [1.807, 2.05) is 42.5 Å². The average Bonchev–Trinajstić information content (AvgIpc) is 3.37. The summed E-state index contributed by atoms with van der Waals surface area (Å²) < 4.78 is 0. The van der Waals surface area contributed by atoms with Gasteiger partial charge in [0.1, 0.15) is 0 Å². The van der Waals surface area contributed by atoms with Crippen molar-refractivity contribution in [1.29, 1.82) is 5.26 Å². The monoisotopic (exact) mass is 807 g/mol. The minimum absolute atomic E-state index is 0.0396. The van der Waals surface area contributed by atoms with Crippen molar-refractivity contribution in [2.75, 3.05) is 9.80 Å². The van der Waals surface area contributed by atoms with Crippen LogP contribution in [0.2, 0.25) is 0 Å². The number of anilines is 6. The molecular formula is C58H41N5. The molecule has 0 radical (unpaired) electrons. The fourth-order valence-corrected chi connectivity index (χ4v) is 9.69. The summed E-state index contributed by atoms with van der Waals surface area (Å²) in [5, 5.41) is 9.76. The number of nitrogens with zero attached hydrogens (tertiary/aromatic N) is 5. The highest BCUT2D eigenvalue weighted by atomic mass is 15.2. The third-order valence-electron chi connectivity index (χ3n) is 12.5. The zero-order valence-electron chi connectivity index (χ0n) is 34.5. The lowest BCUT2D eigenvalue weighted by Gasteiger charge is -2.46. The van der Waals surface area contributed by atoms with Gasteiger partial charge in [-0.2, -0.15) is 5.26 Å². The number of hydrogen-bond donors (Lipinski definition) is 0. The highest BCUT2D eigenvalue weighted by Gasteiger charge is 2.46. The molecule has 3 aliphatic rings. The number of hydrogen-bond acceptors (Lipinski definition) is 5. The Labute approximate surface area is 368 Å². The number of benzene rings is 8. The summed E-state index contributed by atoms with van der Waals surface area (Å²) in [6.07, 6.45) is 4.58. The zero-order valence-corrected chi connectivity index (χ0v) is 34.5. The molecule has 0 saturated heterocycles. The highest BCUT2D eigenvalue weighted by Crippen LogP contribution is 2.58. The molecule has 0 N–H and O–H groups in total. The fourth-order valence-electron chi connectivity index (χ4n) is 9.69. The summed E-state index contributed by atoms with van der Waals surface area (Å²) in [5.41, 5.74) is 15.2. The molecule has 5 heteroatoms. The molecule has 11 rings (SSSR count). The maximum absolute atomic E-state index is 9.76. The molecular weight excluding hydrogens is 767 g/mol. The number of nitriles is 1. The largest absolute Gasteiger partial charge is 0.311 e. The van der Waals surface area contributed by atoms with Gasteiger partial charge in [0.15, 0.2) is 5.84 Å². The van der Waals surface area contributed by atoms with E-state index in [4.69, 9.17) is 9.98 Å². The van der Waals surface area contributed by atoms with E-state index in [2.05, 4.69) is 204 Å². The Balaban J connectivity index is 1.04. The Kier molecular flexibility index (Phi) is 9.52. The van der Waals surface area contributed by atoms with Gasteiger partial charge in [0, 0.05) is 39.8 Å².